The predicted octanol–water partition coefficient (Wildman–Crippen LogP) is 1.66. The minimum Gasteiger partial charge on any atom is -0.390 e. The van der Waals surface area contributed by atoms with E-state index in [2.05, 4.69) is 6.92 Å². The molecular formula is C6H10OS2. The maximum atomic E-state index is 9.55. The first kappa shape index (κ1) is 6.38. The zero-order valence-corrected chi connectivity index (χ0v) is 6.97. The fourth-order valence-electron chi connectivity index (χ4n) is 1.20. The highest BCUT2D eigenvalue weighted by Gasteiger charge is 2.56. The van der Waals surface area contributed by atoms with Crippen LogP contribution in [0.2, 0.25) is 0 Å². The first-order chi connectivity index (χ1) is 4.25. The van der Waals surface area contributed by atoms with E-state index in [0.717, 1.165) is 0 Å². The average Bonchev–Trinajstić information content (AvgIpc) is 2.57. The van der Waals surface area contributed by atoms with Crippen LogP contribution in [0.5, 0.6) is 0 Å². The molecule has 1 spiro atoms. The lowest BCUT2D eigenvalue weighted by Crippen LogP contribution is -2.26. The number of hydrogen-bond donors (Lipinski definition) is 1. The molecule has 2 atom stereocenters. The molecule has 0 amide bonds. The summed E-state index contributed by atoms with van der Waals surface area (Å²) >= 11 is 0. The van der Waals surface area contributed by atoms with E-state index in [-0.39, 0.29) is 6.10 Å². The summed E-state index contributed by atoms with van der Waals surface area (Å²) in [6, 6.07) is 0. The summed E-state index contributed by atoms with van der Waals surface area (Å²) in [7, 11) is 3.73. The van der Waals surface area contributed by atoms with Crippen molar-refractivity contribution < 1.29 is 5.11 Å². The molecular weight excluding hydrogens is 152 g/mol. The Morgan fingerprint density at radius 3 is 2.44 bits per heavy atom. The highest BCUT2D eigenvalue weighted by Crippen LogP contribution is 2.63. The lowest BCUT2D eigenvalue weighted by Gasteiger charge is -2.11. The average molecular weight is 162 g/mol. The second-order valence-corrected chi connectivity index (χ2v) is 5.89. The van der Waals surface area contributed by atoms with Crippen molar-refractivity contribution in [2.75, 3.05) is 0 Å². The first-order valence-electron chi connectivity index (χ1n) is 3.27. The second-order valence-electron chi connectivity index (χ2n) is 2.89. The molecule has 0 bridgehead atoms. The van der Waals surface area contributed by atoms with E-state index in [4.69, 9.17) is 0 Å². The third-order valence-electron chi connectivity index (χ3n) is 2.09. The van der Waals surface area contributed by atoms with Gasteiger partial charge >= 0.3 is 0 Å². The molecule has 1 N–H and O–H groups in total. The van der Waals surface area contributed by atoms with Crippen LogP contribution in [0.4, 0.5) is 0 Å². The molecule has 0 aromatic carbocycles. The molecule has 1 nitrogen and oxygen atoms in total. The normalized spacial score (nSPS) is 46.0. The topological polar surface area (TPSA) is 20.2 Å². The van der Waals surface area contributed by atoms with Crippen molar-refractivity contribution in [1.29, 1.82) is 0 Å². The Kier molecular flexibility index (Phi) is 1.30. The zero-order chi connectivity index (χ0) is 6.48. The van der Waals surface area contributed by atoms with E-state index in [1.165, 1.54) is 12.8 Å². The van der Waals surface area contributed by atoms with Crippen molar-refractivity contribution in [3.05, 3.63) is 0 Å². The monoisotopic (exact) mass is 162 g/mol. The molecule has 2 aliphatic rings. The van der Waals surface area contributed by atoms with E-state index < -0.39 is 0 Å². The molecule has 1 saturated carbocycles. The Labute approximate surface area is 63.0 Å². The molecule has 1 saturated heterocycles. The molecule has 1 heterocycles. The lowest BCUT2D eigenvalue weighted by atomic mass is 10.2. The van der Waals surface area contributed by atoms with Crippen LogP contribution in [0.25, 0.3) is 0 Å². The highest BCUT2D eigenvalue weighted by molar-refractivity contribution is 8.78. The summed E-state index contributed by atoms with van der Waals surface area (Å²) in [5.74, 6) is 0. The van der Waals surface area contributed by atoms with E-state index in [1.54, 1.807) is 0 Å². The highest BCUT2D eigenvalue weighted by atomic mass is 33.1. The van der Waals surface area contributed by atoms with Crippen molar-refractivity contribution in [3.8, 4) is 0 Å². The Morgan fingerprint density at radius 1 is 1.56 bits per heavy atom. The Balaban J connectivity index is 2.13. The van der Waals surface area contributed by atoms with Crippen molar-refractivity contribution in [2.24, 2.45) is 0 Å². The van der Waals surface area contributed by atoms with Crippen molar-refractivity contribution in [1.82, 2.24) is 0 Å². The van der Waals surface area contributed by atoms with Crippen LogP contribution >= 0.6 is 21.6 Å². The van der Waals surface area contributed by atoms with Gasteiger partial charge in [-0.2, -0.15) is 0 Å². The smallest absolute Gasteiger partial charge is 0.0819 e. The number of rotatable bonds is 0. The fraction of sp³-hybridized carbons (Fsp3) is 1.00. The van der Waals surface area contributed by atoms with E-state index in [0.29, 0.717) is 10.00 Å². The van der Waals surface area contributed by atoms with Gasteiger partial charge in [-0.25, -0.2) is 0 Å². The first-order valence-corrected chi connectivity index (χ1v) is 5.48. The van der Waals surface area contributed by atoms with Gasteiger partial charge < -0.3 is 5.11 Å². The molecule has 0 aromatic rings. The molecule has 2 unspecified atom stereocenters. The molecule has 3 heteroatoms. The summed E-state index contributed by atoms with van der Waals surface area (Å²) < 4.78 is 0.310. The fourth-order valence-corrected chi connectivity index (χ4v) is 4.71. The Hall–Kier alpha value is 0.660. The molecule has 2 fully saturated rings. The molecule has 0 aromatic heterocycles. The maximum absolute atomic E-state index is 9.55. The van der Waals surface area contributed by atoms with Gasteiger partial charge in [0.1, 0.15) is 0 Å². The number of hydrogen-bond acceptors (Lipinski definition) is 3. The van der Waals surface area contributed by atoms with Crippen molar-refractivity contribution in [3.63, 3.8) is 0 Å². The van der Waals surface area contributed by atoms with Gasteiger partial charge in [-0.15, -0.1) is 0 Å². The molecule has 52 valence electrons. The summed E-state index contributed by atoms with van der Waals surface area (Å²) in [6.07, 6.45) is 2.43. The molecule has 9 heavy (non-hydrogen) atoms. The maximum Gasteiger partial charge on any atom is 0.0819 e. The van der Waals surface area contributed by atoms with Crippen LogP contribution in [-0.4, -0.2) is 21.2 Å². The van der Waals surface area contributed by atoms with Crippen LogP contribution in [0, 0.1) is 0 Å². The van der Waals surface area contributed by atoms with Gasteiger partial charge in [0.05, 0.1) is 10.9 Å². The van der Waals surface area contributed by atoms with Crippen LogP contribution in [-0.2, 0) is 0 Å². The van der Waals surface area contributed by atoms with Crippen LogP contribution in [0.3, 0.4) is 0 Å². The summed E-state index contributed by atoms with van der Waals surface area (Å²) in [5.41, 5.74) is 0. The summed E-state index contributed by atoms with van der Waals surface area (Å²) in [5, 5.41) is 10.0. The van der Waals surface area contributed by atoms with Gasteiger partial charge in [-0.05, 0) is 19.8 Å². The van der Waals surface area contributed by atoms with Crippen LogP contribution in [0.15, 0.2) is 0 Å². The van der Waals surface area contributed by atoms with E-state index in [1.807, 2.05) is 21.6 Å². The third-order valence-corrected chi connectivity index (χ3v) is 5.93. The minimum absolute atomic E-state index is 0.0347. The largest absolute Gasteiger partial charge is 0.390 e. The number of aliphatic hydroxyl groups excluding tert-OH is 1. The SMILES string of the molecule is CC1SSC2(CC2)C1O. The quantitative estimate of drug-likeness (QED) is 0.547. The van der Waals surface area contributed by atoms with Gasteiger partial charge in [0, 0.05) is 5.25 Å². The Bertz CT molecular complexity index is 133. The summed E-state index contributed by atoms with van der Waals surface area (Å²) in [6.45, 7) is 2.11. The number of aliphatic hydroxyl groups is 1. The van der Waals surface area contributed by atoms with Crippen molar-refractivity contribution in [2.45, 2.75) is 35.9 Å². The van der Waals surface area contributed by atoms with Crippen LogP contribution in [0.1, 0.15) is 19.8 Å². The third kappa shape index (κ3) is 0.819. The Morgan fingerprint density at radius 2 is 2.22 bits per heavy atom. The van der Waals surface area contributed by atoms with E-state index in [9.17, 15) is 5.11 Å². The van der Waals surface area contributed by atoms with Gasteiger partial charge in [0.15, 0.2) is 0 Å². The van der Waals surface area contributed by atoms with Crippen molar-refractivity contribution >= 4 is 21.6 Å². The lowest BCUT2D eigenvalue weighted by molar-refractivity contribution is 0.169. The van der Waals surface area contributed by atoms with Gasteiger partial charge in [-0.3, -0.25) is 0 Å². The van der Waals surface area contributed by atoms with Crippen LogP contribution < -0.4 is 0 Å². The standard InChI is InChI=1S/C6H10OS2/c1-4-5(7)6(2-3-6)9-8-4/h4-5,7H,2-3H2,1H3. The molecule has 2 rings (SSSR count). The molecule has 0 radical (unpaired) electrons. The predicted molar refractivity (Wildman–Crippen MR) is 42.6 cm³/mol. The van der Waals surface area contributed by atoms with Gasteiger partial charge in [0.2, 0.25) is 0 Å². The zero-order valence-electron chi connectivity index (χ0n) is 5.33. The van der Waals surface area contributed by atoms with Gasteiger partial charge in [-0.1, -0.05) is 21.6 Å². The molecule has 1 aliphatic heterocycles. The summed E-state index contributed by atoms with van der Waals surface area (Å²) in [4.78, 5) is 0. The minimum atomic E-state index is -0.0347. The second kappa shape index (κ2) is 1.83. The van der Waals surface area contributed by atoms with E-state index >= 15 is 0 Å². The van der Waals surface area contributed by atoms with Gasteiger partial charge in [0.25, 0.3) is 0 Å². The molecule has 1 aliphatic carbocycles.